The van der Waals surface area contributed by atoms with E-state index in [2.05, 4.69) is 41.4 Å². The number of aromatic nitrogens is 1. The highest BCUT2D eigenvalue weighted by Gasteiger charge is 2.04. The third-order valence-corrected chi connectivity index (χ3v) is 4.07. The number of nitrogens with one attached hydrogen (secondary N) is 1. The van der Waals surface area contributed by atoms with Crippen LogP contribution in [0.15, 0.2) is 30.5 Å². The Labute approximate surface area is 130 Å². The van der Waals surface area contributed by atoms with Gasteiger partial charge in [-0.1, -0.05) is 0 Å². The summed E-state index contributed by atoms with van der Waals surface area (Å²) >= 11 is 1.72. The molecular formula is C16H23N3OS. The van der Waals surface area contributed by atoms with Gasteiger partial charge in [0.1, 0.15) is 10.8 Å². The smallest absolute Gasteiger partial charge is 0.123 e. The first kappa shape index (κ1) is 15.9. The highest BCUT2D eigenvalue weighted by atomic mass is 32.1. The lowest BCUT2D eigenvalue weighted by atomic mass is 10.2. The summed E-state index contributed by atoms with van der Waals surface area (Å²) in [5.74, 6) is 0.921. The van der Waals surface area contributed by atoms with E-state index in [0.29, 0.717) is 0 Å². The van der Waals surface area contributed by atoms with Gasteiger partial charge >= 0.3 is 0 Å². The lowest BCUT2D eigenvalue weighted by Gasteiger charge is -2.10. The molecule has 0 saturated carbocycles. The van der Waals surface area contributed by atoms with Crippen molar-refractivity contribution in [2.24, 2.45) is 0 Å². The van der Waals surface area contributed by atoms with E-state index >= 15 is 0 Å². The Bertz CT molecular complexity index is 537. The summed E-state index contributed by atoms with van der Waals surface area (Å²) in [6.07, 6.45) is 2.97. The van der Waals surface area contributed by atoms with Crippen LogP contribution in [-0.2, 0) is 6.54 Å². The summed E-state index contributed by atoms with van der Waals surface area (Å²) in [6, 6.07) is 8.18. The maximum atomic E-state index is 5.74. The van der Waals surface area contributed by atoms with Crippen LogP contribution in [-0.4, -0.2) is 44.2 Å². The van der Waals surface area contributed by atoms with E-state index in [0.717, 1.165) is 42.4 Å². The van der Waals surface area contributed by atoms with Crippen LogP contribution in [0.1, 0.15) is 11.3 Å². The van der Waals surface area contributed by atoms with E-state index in [1.54, 1.807) is 11.3 Å². The first-order chi connectivity index (χ1) is 10.2. The van der Waals surface area contributed by atoms with Gasteiger partial charge in [-0.05, 0) is 51.8 Å². The molecule has 0 atom stereocenters. The monoisotopic (exact) mass is 305 g/mol. The summed E-state index contributed by atoms with van der Waals surface area (Å²) in [6.45, 7) is 2.66. The van der Waals surface area contributed by atoms with Crippen LogP contribution in [0.4, 0.5) is 0 Å². The normalized spacial score (nSPS) is 11.0. The minimum Gasteiger partial charge on any atom is -0.494 e. The minimum absolute atomic E-state index is 0.751. The molecule has 2 rings (SSSR count). The van der Waals surface area contributed by atoms with Crippen LogP contribution in [0.25, 0.3) is 10.6 Å². The second kappa shape index (κ2) is 8.12. The van der Waals surface area contributed by atoms with Crippen LogP contribution in [0.3, 0.4) is 0 Å². The number of nitrogens with zero attached hydrogens (tertiary/aromatic N) is 2. The lowest BCUT2D eigenvalue weighted by molar-refractivity contribution is 0.281. The van der Waals surface area contributed by atoms with Gasteiger partial charge in [0, 0.05) is 29.7 Å². The molecule has 0 saturated heterocycles. The average Bonchev–Trinajstić information content (AvgIpc) is 2.93. The maximum absolute atomic E-state index is 5.74. The molecule has 0 fully saturated rings. The zero-order valence-corrected chi connectivity index (χ0v) is 13.7. The van der Waals surface area contributed by atoms with E-state index < -0.39 is 0 Å². The number of hydrogen-bond donors (Lipinski definition) is 1. The van der Waals surface area contributed by atoms with Crippen molar-refractivity contribution in [1.82, 2.24) is 15.2 Å². The third-order valence-electron chi connectivity index (χ3n) is 3.02. The van der Waals surface area contributed by atoms with Crippen molar-refractivity contribution in [1.29, 1.82) is 0 Å². The molecule has 0 unspecified atom stereocenters. The number of rotatable bonds is 8. The van der Waals surface area contributed by atoms with Crippen molar-refractivity contribution in [2.75, 3.05) is 34.3 Å². The van der Waals surface area contributed by atoms with Crippen LogP contribution in [0.2, 0.25) is 0 Å². The van der Waals surface area contributed by atoms with Gasteiger partial charge in [-0.25, -0.2) is 4.98 Å². The molecule has 1 N–H and O–H groups in total. The van der Waals surface area contributed by atoms with Crippen LogP contribution in [0.5, 0.6) is 5.75 Å². The second-order valence-electron chi connectivity index (χ2n) is 5.19. The fourth-order valence-electron chi connectivity index (χ4n) is 1.96. The summed E-state index contributed by atoms with van der Waals surface area (Å²) in [4.78, 5) is 7.87. The van der Waals surface area contributed by atoms with E-state index in [1.165, 1.54) is 4.88 Å². The van der Waals surface area contributed by atoms with E-state index in [4.69, 9.17) is 4.74 Å². The predicted octanol–water partition coefficient (Wildman–Crippen LogP) is 2.86. The molecular weight excluding hydrogens is 282 g/mol. The molecule has 0 aliphatic rings. The number of hydrogen-bond acceptors (Lipinski definition) is 5. The van der Waals surface area contributed by atoms with Gasteiger partial charge in [-0.3, -0.25) is 0 Å². The Morgan fingerprint density at radius 2 is 2.00 bits per heavy atom. The predicted molar refractivity (Wildman–Crippen MR) is 89.0 cm³/mol. The summed E-state index contributed by atoms with van der Waals surface area (Å²) in [5.41, 5.74) is 1.14. The first-order valence-corrected chi connectivity index (χ1v) is 7.98. The molecule has 5 heteroatoms. The Hall–Kier alpha value is -1.43. The summed E-state index contributed by atoms with van der Waals surface area (Å²) < 4.78 is 5.74. The molecule has 0 radical (unpaired) electrons. The maximum Gasteiger partial charge on any atom is 0.123 e. The number of ether oxygens (including phenoxy) is 1. The molecule has 0 bridgehead atoms. The Morgan fingerprint density at radius 1 is 1.24 bits per heavy atom. The second-order valence-corrected chi connectivity index (χ2v) is 6.31. The van der Waals surface area contributed by atoms with Gasteiger partial charge in [0.2, 0.25) is 0 Å². The molecule has 21 heavy (non-hydrogen) atoms. The van der Waals surface area contributed by atoms with E-state index in [-0.39, 0.29) is 0 Å². The molecule has 4 nitrogen and oxygen atoms in total. The van der Waals surface area contributed by atoms with Crippen molar-refractivity contribution in [3.8, 4) is 16.3 Å². The molecule has 0 spiro atoms. The van der Waals surface area contributed by atoms with Crippen molar-refractivity contribution in [3.63, 3.8) is 0 Å². The lowest BCUT2D eigenvalue weighted by Crippen LogP contribution is -2.15. The fraction of sp³-hybridized carbons (Fsp3) is 0.438. The van der Waals surface area contributed by atoms with Gasteiger partial charge in [0.05, 0.1) is 6.61 Å². The van der Waals surface area contributed by atoms with E-state index in [9.17, 15) is 0 Å². The summed E-state index contributed by atoms with van der Waals surface area (Å²) in [7, 11) is 6.10. The Morgan fingerprint density at radius 3 is 2.67 bits per heavy atom. The molecule has 0 aliphatic heterocycles. The van der Waals surface area contributed by atoms with Gasteiger partial charge in [0.25, 0.3) is 0 Å². The molecule has 114 valence electrons. The van der Waals surface area contributed by atoms with Crippen LogP contribution >= 0.6 is 11.3 Å². The zero-order chi connectivity index (χ0) is 15.1. The van der Waals surface area contributed by atoms with Gasteiger partial charge in [0.15, 0.2) is 0 Å². The fourth-order valence-corrected chi connectivity index (χ4v) is 2.89. The Kier molecular flexibility index (Phi) is 6.17. The largest absolute Gasteiger partial charge is 0.494 e. The standard InChI is InChI=1S/C16H23N3OS/c1-17-11-15-12-18-16(21-15)13-5-7-14(8-6-13)20-10-4-9-19(2)3/h5-8,12,17H,4,9-11H2,1-3H3. The quantitative estimate of drug-likeness (QED) is 0.761. The molecule has 1 aromatic carbocycles. The highest BCUT2D eigenvalue weighted by molar-refractivity contribution is 7.15. The van der Waals surface area contributed by atoms with Crippen molar-refractivity contribution < 1.29 is 4.74 Å². The zero-order valence-electron chi connectivity index (χ0n) is 12.9. The molecule has 1 aromatic heterocycles. The Balaban J connectivity index is 1.88. The van der Waals surface area contributed by atoms with Crippen molar-refractivity contribution in [3.05, 3.63) is 35.3 Å². The molecule has 0 amide bonds. The van der Waals surface area contributed by atoms with E-state index in [1.807, 2.05) is 25.4 Å². The average molecular weight is 305 g/mol. The number of benzene rings is 1. The minimum atomic E-state index is 0.751. The van der Waals surface area contributed by atoms with Crippen molar-refractivity contribution in [2.45, 2.75) is 13.0 Å². The van der Waals surface area contributed by atoms with Gasteiger partial charge in [-0.2, -0.15) is 0 Å². The molecule has 0 aliphatic carbocycles. The summed E-state index contributed by atoms with van der Waals surface area (Å²) in [5, 5.41) is 4.20. The topological polar surface area (TPSA) is 37.4 Å². The van der Waals surface area contributed by atoms with Crippen molar-refractivity contribution >= 4 is 11.3 Å². The van der Waals surface area contributed by atoms with Crippen LogP contribution in [0, 0.1) is 0 Å². The SMILES string of the molecule is CNCc1cnc(-c2ccc(OCCCN(C)C)cc2)s1. The number of thiazole rings is 1. The molecule has 1 heterocycles. The first-order valence-electron chi connectivity index (χ1n) is 7.16. The van der Waals surface area contributed by atoms with Gasteiger partial charge < -0.3 is 15.0 Å². The highest BCUT2D eigenvalue weighted by Crippen LogP contribution is 2.26. The molecule has 2 aromatic rings. The van der Waals surface area contributed by atoms with Gasteiger partial charge in [-0.15, -0.1) is 11.3 Å². The van der Waals surface area contributed by atoms with Crippen LogP contribution < -0.4 is 10.1 Å². The third kappa shape index (κ3) is 5.12.